The van der Waals surface area contributed by atoms with Crippen LogP contribution >= 0.6 is 0 Å². The second kappa shape index (κ2) is 3.62. The Morgan fingerprint density at radius 1 is 1.07 bits per heavy atom. The fraction of sp³-hybridized carbons (Fsp3) is 0.0909. The van der Waals surface area contributed by atoms with Crippen LogP contribution in [-0.4, -0.2) is 6.54 Å². The first-order chi connectivity index (χ1) is 6.75. The lowest BCUT2D eigenvalue weighted by atomic mass is 10.0. The van der Waals surface area contributed by atoms with E-state index in [4.69, 9.17) is 0 Å². The van der Waals surface area contributed by atoms with Gasteiger partial charge in [-0.15, -0.1) is 0 Å². The lowest BCUT2D eigenvalue weighted by Crippen LogP contribution is -2.11. The zero-order valence-corrected chi connectivity index (χ0v) is 7.43. The van der Waals surface area contributed by atoms with E-state index in [0.29, 0.717) is 12.1 Å². The number of hydrogen-bond donors (Lipinski definition) is 1. The highest BCUT2D eigenvalue weighted by atomic mass is 19.1. The molecule has 0 radical (unpaired) electrons. The maximum atomic E-state index is 12.9. The molecule has 2 rings (SSSR count). The third kappa shape index (κ3) is 1.82. The summed E-state index contributed by atoms with van der Waals surface area (Å²) in [7, 11) is 0. The van der Waals surface area contributed by atoms with Crippen LogP contribution in [0.25, 0.3) is 5.57 Å². The quantitative estimate of drug-likeness (QED) is 0.722. The first kappa shape index (κ1) is 8.94. The van der Waals surface area contributed by atoms with Crippen LogP contribution < -0.4 is 5.32 Å². The highest BCUT2D eigenvalue weighted by Gasteiger charge is 2.06. The topological polar surface area (TPSA) is 12.0 Å². The van der Waals surface area contributed by atoms with Crippen molar-refractivity contribution in [2.45, 2.75) is 0 Å². The van der Waals surface area contributed by atoms with E-state index in [1.807, 2.05) is 12.2 Å². The molecule has 72 valence electrons. The maximum Gasteiger partial charge on any atom is 0.126 e. The Hall–Kier alpha value is -1.64. The Morgan fingerprint density at radius 3 is 2.36 bits per heavy atom. The molecule has 0 unspecified atom stereocenters. The van der Waals surface area contributed by atoms with Crippen molar-refractivity contribution in [3.63, 3.8) is 0 Å². The minimum atomic E-state index is -0.546. The summed E-state index contributed by atoms with van der Waals surface area (Å²) < 4.78 is 25.8. The molecule has 14 heavy (non-hydrogen) atoms. The molecule has 1 nitrogen and oxygen atoms in total. The number of allylic oxidation sites excluding steroid dienone is 2. The van der Waals surface area contributed by atoms with Crippen LogP contribution in [0.2, 0.25) is 0 Å². The SMILES string of the molecule is Fc1cc(F)cc(C2=CC=CNC2)c1. The highest BCUT2D eigenvalue weighted by Crippen LogP contribution is 2.18. The van der Waals surface area contributed by atoms with E-state index in [-0.39, 0.29) is 0 Å². The van der Waals surface area contributed by atoms with E-state index in [9.17, 15) is 8.78 Å². The van der Waals surface area contributed by atoms with Gasteiger partial charge in [-0.2, -0.15) is 0 Å². The number of rotatable bonds is 1. The molecule has 1 aliphatic rings. The standard InChI is InChI=1S/C11H9F2N/c12-10-4-9(5-11(13)6-10)8-2-1-3-14-7-8/h1-6,14H,7H2. The molecular formula is C11H9F2N. The summed E-state index contributed by atoms with van der Waals surface area (Å²) in [6.07, 6.45) is 5.44. The number of hydrogen-bond acceptors (Lipinski definition) is 1. The summed E-state index contributed by atoms with van der Waals surface area (Å²) in [6, 6.07) is 3.53. The van der Waals surface area contributed by atoms with Gasteiger partial charge >= 0.3 is 0 Å². The predicted molar refractivity (Wildman–Crippen MR) is 51.5 cm³/mol. The van der Waals surface area contributed by atoms with E-state index in [0.717, 1.165) is 11.6 Å². The van der Waals surface area contributed by atoms with E-state index >= 15 is 0 Å². The highest BCUT2D eigenvalue weighted by molar-refractivity contribution is 5.69. The normalized spacial score (nSPS) is 14.9. The molecule has 0 saturated heterocycles. The predicted octanol–water partition coefficient (Wildman–Crippen LogP) is 2.47. The van der Waals surface area contributed by atoms with Gasteiger partial charge in [-0.25, -0.2) is 8.78 Å². The molecule has 0 saturated carbocycles. The Kier molecular flexibility index (Phi) is 2.31. The minimum Gasteiger partial charge on any atom is -0.387 e. The van der Waals surface area contributed by atoms with E-state index in [2.05, 4.69) is 5.32 Å². The largest absolute Gasteiger partial charge is 0.387 e. The summed E-state index contributed by atoms with van der Waals surface area (Å²) in [5.41, 5.74) is 1.46. The summed E-state index contributed by atoms with van der Waals surface area (Å²) in [5, 5.41) is 2.98. The van der Waals surface area contributed by atoms with Gasteiger partial charge in [0.05, 0.1) is 0 Å². The van der Waals surface area contributed by atoms with Crippen LogP contribution in [0, 0.1) is 11.6 Å². The fourth-order valence-electron chi connectivity index (χ4n) is 1.40. The Bertz CT molecular complexity index is 387. The van der Waals surface area contributed by atoms with Gasteiger partial charge in [-0.05, 0) is 35.5 Å². The zero-order chi connectivity index (χ0) is 9.97. The van der Waals surface area contributed by atoms with Crippen LogP contribution in [0.1, 0.15) is 5.56 Å². The molecule has 1 heterocycles. The van der Waals surface area contributed by atoms with Crippen LogP contribution in [0.15, 0.2) is 36.6 Å². The molecule has 0 atom stereocenters. The Labute approximate surface area is 80.8 Å². The molecule has 1 aromatic rings. The lowest BCUT2D eigenvalue weighted by Gasteiger charge is -2.10. The number of benzene rings is 1. The lowest BCUT2D eigenvalue weighted by molar-refractivity contribution is 0.582. The van der Waals surface area contributed by atoms with Crippen molar-refractivity contribution in [3.8, 4) is 0 Å². The van der Waals surface area contributed by atoms with Gasteiger partial charge in [0, 0.05) is 12.6 Å². The minimum absolute atomic E-state index is 0.546. The monoisotopic (exact) mass is 193 g/mol. The Balaban J connectivity index is 2.40. The van der Waals surface area contributed by atoms with Gasteiger partial charge in [-0.1, -0.05) is 6.08 Å². The third-order valence-electron chi connectivity index (χ3n) is 2.04. The first-order valence-electron chi connectivity index (χ1n) is 4.31. The molecular weight excluding hydrogens is 184 g/mol. The molecule has 0 spiro atoms. The van der Waals surface area contributed by atoms with Crippen LogP contribution in [0.3, 0.4) is 0 Å². The van der Waals surface area contributed by atoms with Gasteiger partial charge in [0.15, 0.2) is 0 Å². The second-order valence-corrected chi connectivity index (χ2v) is 3.09. The Morgan fingerprint density at radius 2 is 1.79 bits per heavy atom. The van der Waals surface area contributed by atoms with E-state index in [1.54, 1.807) is 6.20 Å². The number of halogens is 2. The van der Waals surface area contributed by atoms with Crippen molar-refractivity contribution >= 4 is 5.57 Å². The van der Waals surface area contributed by atoms with Crippen molar-refractivity contribution in [1.29, 1.82) is 0 Å². The summed E-state index contributed by atoms with van der Waals surface area (Å²) in [4.78, 5) is 0. The molecule has 1 aliphatic heterocycles. The van der Waals surface area contributed by atoms with Crippen molar-refractivity contribution in [3.05, 3.63) is 53.7 Å². The van der Waals surface area contributed by atoms with Crippen LogP contribution in [0.4, 0.5) is 8.78 Å². The first-order valence-corrected chi connectivity index (χ1v) is 4.31. The van der Waals surface area contributed by atoms with Crippen molar-refractivity contribution in [2.24, 2.45) is 0 Å². The summed E-state index contributed by atoms with van der Waals surface area (Å²) in [5.74, 6) is -1.09. The molecule has 0 bridgehead atoms. The molecule has 0 fully saturated rings. The number of nitrogens with one attached hydrogen (secondary N) is 1. The molecule has 0 amide bonds. The summed E-state index contributed by atoms with van der Waals surface area (Å²) in [6.45, 7) is 0.597. The van der Waals surface area contributed by atoms with Crippen molar-refractivity contribution < 1.29 is 8.78 Å². The fourth-order valence-corrected chi connectivity index (χ4v) is 1.40. The van der Waals surface area contributed by atoms with Crippen molar-refractivity contribution in [2.75, 3.05) is 6.54 Å². The van der Waals surface area contributed by atoms with E-state index in [1.165, 1.54) is 12.1 Å². The van der Waals surface area contributed by atoms with Gasteiger partial charge in [-0.3, -0.25) is 0 Å². The zero-order valence-electron chi connectivity index (χ0n) is 7.43. The van der Waals surface area contributed by atoms with Gasteiger partial charge < -0.3 is 5.32 Å². The molecule has 1 N–H and O–H groups in total. The molecule has 0 aliphatic carbocycles. The second-order valence-electron chi connectivity index (χ2n) is 3.09. The average Bonchev–Trinajstić information content (AvgIpc) is 2.18. The molecule has 1 aromatic carbocycles. The summed E-state index contributed by atoms with van der Waals surface area (Å²) >= 11 is 0. The van der Waals surface area contributed by atoms with Gasteiger partial charge in [0.1, 0.15) is 11.6 Å². The average molecular weight is 193 g/mol. The van der Waals surface area contributed by atoms with Crippen molar-refractivity contribution in [1.82, 2.24) is 5.32 Å². The number of dihydropyridines is 1. The molecule has 3 heteroatoms. The van der Waals surface area contributed by atoms with Crippen LogP contribution in [0.5, 0.6) is 0 Å². The third-order valence-corrected chi connectivity index (χ3v) is 2.04. The van der Waals surface area contributed by atoms with Crippen LogP contribution in [-0.2, 0) is 0 Å². The smallest absolute Gasteiger partial charge is 0.126 e. The maximum absolute atomic E-state index is 12.9. The van der Waals surface area contributed by atoms with Gasteiger partial charge in [0.25, 0.3) is 0 Å². The van der Waals surface area contributed by atoms with Gasteiger partial charge in [0.2, 0.25) is 0 Å². The van der Waals surface area contributed by atoms with E-state index < -0.39 is 11.6 Å². The molecule has 0 aromatic heterocycles.